The van der Waals surface area contributed by atoms with Crippen molar-refractivity contribution in [2.45, 2.75) is 18.6 Å². The second kappa shape index (κ2) is 3.84. The van der Waals surface area contributed by atoms with Crippen molar-refractivity contribution in [1.29, 1.82) is 0 Å². The van der Waals surface area contributed by atoms with Crippen LogP contribution in [0.1, 0.15) is 6.42 Å². The second-order valence-electron chi connectivity index (χ2n) is 3.07. The highest BCUT2D eigenvalue weighted by Crippen LogP contribution is 2.15. The van der Waals surface area contributed by atoms with Gasteiger partial charge in [0.15, 0.2) is 0 Å². The summed E-state index contributed by atoms with van der Waals surface area (Å²) in [5.41, 5.74) is 0. The maximum Gasteiger partial charge on any atom is 0.303 e. The van der Waals surface area contributed by atoms with Crippen molar-refractivity contribution in [2.24, 2.45) is 5.92 Å². The third-order valence-corrected chi connectivity index (χ3v) is 2.07. The van der Waals surface area contributed by atoms with E-state index in [-0.39, 0.29) is 12.3 Å². The molecule has 3 atom stereocenters. The average molecular weight is 175 g/mol. The smallest absolute Gasteiger partial charge is 0.303 e. The minimum Gasteiger partial charge on any atom is -0.481 e. The summed E-state index contributed by atoms with van der Waals surface area (Å²) < 4.78 is 0. The van der Waals surface area contributed by atoms with E-state index in [4.69, 9.17) is 10.2 Å². The van der Waals surface area contributed by atoms with Crippen molar-refractivity contribution in [2.75, 3.05) is 13.1 Å². The van der Waals surface area contributed by atoms with Gasteiger partial charge in [0, 0.05) is 19.0 Å². The van der Waals surface area contributed by atoms with Gasteiger partial charge in [-0.25, -0.2) is 0 Å². The van der Waals surface area contributed by atoms with Crippen LogP contribution in [0, 0.1) is 5.92 Å². The minimum absolute atomic E-state index is 0.106. The highest BCUT2D eigenvalue weighted by atomic mass is 16.4. The van der Waals surface area contributed by atoms with Crippen molar-refractivity contribution in [3.8, 4) is 0 Å². The Kier molecular flexibility index (Phi) is 3.02. The van der Waals surface area contributed by atoms with E-state index in [1.54, 1.807) is 0 Å². The van der Waals surface area contributed by atoms with Crippen molar-refractivity contribution in [1.82, 2.24) is 5.32 Å². The summed E-state index contributed by atoms with van der Waals surface area (Å²) in [5.74, 6) is -1.33. The van der Waals surface area contributed by atoms with Gasteiger partial charge in [-0.05, 0) is 0 Å². The van der Waals surface area contributed by atoms with Gasteiger partial charge in [-0.3, -0.25) is 4.79 Å². The van der Waals surface area contributed by atoms with Crippen LogP contribution in [-0.4, -0.2) is 46.6 Å². The van der Waals surface area contributed by atoms with E-state index in [0.717, 1.165) is 0 Å². The fourth-order valence-electron chi connectivity index (χ4n) is 1.39. The van der Waals surface area contributed by atoms with E-state index in [2.05, 4.69) is 5.32 Å². The first-order valence-electron chi connectivity index (χ1n) is 3.90. The van der Waals surface area contributed by atoms with E-state index in [0.29, 0.717) is 13.1 Å². The van der Waals surface area contributed by atoms with Crippen molar-refractivity contribution < 1.29 is 20.1 Å². The number of aliphatic hydroxyl groups is 2. The number of nitrogens with one attached hydrogen (secondary N) is 1. The summed E-state index contributed by atoms with van der Waals surface area (Å²) in [7, 11) is 0. The SMILES string of the molecule is O=C(O)C[C@@H]1CNC[C@@H](O)[C@H]1O. The molecule has 4 N–H and O–H groups in total. The predicted octanol–water partition coefficient (Wildman–Crippen LogP) is -1.60. The molecule has 1 heterocycles. The molecular formula is C7H13NO4. The van der Waals surface area contributed by atoms with Crippen LogP contribution in [0.2, 0.25) is 0 Å². The molecule has 1 rings (SSSR count). The standard InChI is InChI=1S/C7H13NO4/c9-5-3-8-2-4(7(5)12)1-6(10)11/h4-5,7-9,12H,1-3H2,(H,10,11)/t4-,5-,7+/m1/s1. The monoisotopic (exact) mass is 175 g/mol. The van der Waals surface area contributed by atoms with Gasteiger partial charge in [-0.2, -0.15) is 0 Å². The Morgan fingerprint density at radius 2 is 2.08 bits per heavy atom. The van der Waals surface area contributed by atoms with Crippen LogP contribution >= 0.6 is 0 Å². The lowest BCUT2D eigenvalue weighted by molar-refractivity contribution is -0.140. The summed E-state index contributed by atoms with van der Waals surface area (Å²) in [4.78, 5) is 10.3. The van der Waals surface area contributed by atoms with Crippen LogP contribution in [0.4, 0.5) is 0 Å². The topological polar surface area (TPSA) is 89.8 Å². The quantitative estimate of drug-likeness (QED) is 0.406. The third-order valence-electron chi connectivity index (χ3n) is 2.07. The number of aliphatic hydroxyl groups excluding tert-OH is 2. The van der Waals surface area contributed by atoms with E-state index >= 15 is 0 Å². The zero-order chi connectivity index (χ0) is 9.14. The lowest BCUT2D eigenvalue weighted by Crippen LogP contribution is -2.50. The lowest BCUT2D eigenvalue weighted by Gasteiger charge is -2.31. The Labute approximate surface area is 70.0 Å². The summed E-state index contributed by atoms with van der Waals surface area (Å²) >= 11 is 0. The van der Waals surface area contributed by atoms with E-state index in [1.807, 2.05) is 0 Å². The van der Waals surface area contributed by atoms with Crippen molar-refractivity contribution in [3.05, 3.63) is 0 Å². The van der Waals surface area contributed by atoms with Crippen LogP contribution in [0.3, 0.4) is 0 Å². The van der Waals surface area contributed by atoms with Crippen LogP contribution in [-0.2, 0) is 4.79 Å². The number of hydrogen-bond acceptors (Lipinski definition) is 4. The molecule has 1 saturated heterocycles. The lowest BCUT2D eigenvalue weighted by atomic mass is 9.91. The molecule has 0 spiro atoms. The van der Waals surface area contributed by atoms with Gasteiger partial charge in [0.05, 0.1) is 18.6 Å². The fraction of sp³-hybridized carbons (Fsp3) is 0.857. The predicted molar refractivity (Wildman–Crippen MR) is 40.6 cm³/mol. The number of carboxylic acid groups (broad SMARTS) is 1. The number of carbonyl (C=O) groups is 1. The van der Waals surface area contributed by atoms with E-state index < -0.39 is 18.2 Å². The van der Waals surface area contributed by atoms with Gasteiger partial charge in [0.1, 0.15) is 0 Å². The van der Waals surface area contributed by atoms with Gasteiger partial charge in [0.25, 0.3) is 0 Å². The molecule has 1 aliphatic rings. The fourth-order valence-corrected chi connectivity index (χ4v) is 1.39. The second-order valence-corrected chi connectivity index (χ2v) is 3.07. The molecule has 0 aliphatic carbocycles. The molecule has 0 bridgehead atoms. The zero-order valence-electron chi connectivity index (χ0n) is 6.60. The minimum atomic E-state index is -0.949. The highest BCUT2D eigenvalue weighted by Gasteiger charge is 2.31. The first kappa shape index (κ1) is 9.44. The molecule has 5 nitrogen and oxygen atoms in total. The number of rotatable bonds is 2. The molecule has 0 radical (unpaired) electrons. The van der Waals surface area contributed by atoms with E-state index in [1.165, 1.54) is 0 Å². The maximum atomic E-state index is 10.3. The summed E-state index contributed by atoms with van der Waals surface area (Å²) in [6, 6.07) is 0. The molecule has 5 heteroatoms. The zero-order valence-corrected chi connectivity index (χ0v) is 6.60. The molecule has 0 aromatic rings. The number of β-amino-alcohol motifs (C(OH)–C–C–N with tert-alkyl or cyclic N) is 1. The molecule has 70 valence electrons. The van der Waals surface area contributed by atoms with Crippen LogP contribution < -0.4 is 5.32 Å². The Morgan fingerprint density at radius 1 is 1.42 bits per heavy atom. The van der Waals surface area contributed by atoms with Crippen LogP contribution in [0.25, 0.3) is 0 Å². The Hall–Kier alpha value is -0.650. The van der Waals surface area contributed by atoms with Crippen molar-refractivity contribution in [3.63, 3.8) is 0 Å². The molecule has 1 fully saturated rings. The number of aliphatic carboxylic acids is 1. The van der Waals surface area contributed by atoms with E-state index in [9.17, 15) is 9.90 Å². The first-order valence-corrected chi connectivity index (χ1v) is 3.90. The molecule has 0 amide bonds. The largest absolute Gasteiger partial charge is 0.481 e. The number of piperidine rings is 1. The average Bonchev–Trinajstić information content (AvgIpc) is 1.98. The van der Waals surface area contributed by atoms with Crippen LogP contribution in [0.15, 0.2) is 0 Å². The van der Waals surface area contributed by atoms with Gasteiger partial charge in [-0.15, -0.1) is 0 Å². The molecule has 12 heavy (non-hydrogen) atoms. The van der Waals surface area contributed by atoms with Gasteiger partial charge < -0.3 is 20.6 Å². The Bertz CT molecular complexity index is 173. The summed E-state index contributed by atoms with van der Waals surface area (Å²) in [5, 5.41) is 29.8. The molecule has 0 unspecified atom stereocenters. The summed E-state index contributed by atoms with van der Waals surface area (Å²) in [6.45, 7) is 0.780. The third kappa shape index (κ3) is 2.17. The maximum absolute atomic E-state index is 10.3. The molecule has 0 saturated carbocycles. The van der Waals surface area contributed by atoms with Crippen molar-refractivity contribution >= 4 is 5.97 Å². The Balaban J connectivity index is 2.46. The summed E-state index contributed by atoms with van der Waals surface area (Å²) in [6.07, 6.45) is -1.86. The molecule has 1 aliphatic heterocycles. The molecule has 0 aromatic carbocycles. The Morgan fingerprint density at radius 3 is 2.67 bits per heavy atom. The first-order chi connectivity index (χ1) is 5.61. The highest BCUT2D eigenvalue weighted by molar-refractivity contribution is 5.67. The molecule has 0 aromatic heterocycles. The van der Waals surface area contributed by atoms with Gasteiger partial charge in [0.2, 0.25) is 0 Å². The number of hydrogen-bond donors (Lipinski definition) is 4. The molecular weight excluding hydrogens is 162 g/mol. The van der Waals surface area contributed by atoms with Crippen LogP contribution in [0.5, 0.6) is 0 Å². The number of carboxylic acids is 1. The van der Waals surface area contributed by atoms with Gasteiger partial charge in [-0.1, -0.05) is 0 Å². The van der Waals surface area contributed by atoms with Gasteiger partial charge >= 0.3 is 5.97 Å². The normalized spacial score (nSPS) is 36.3.